The van der Waals surface area contributed by atoms with Crippen molar-refractivity contribution in [2.45, 2.75) is 6.54 Å². The van der Waals surface area contributed by atoms with Crippen LogP contribution in [0.5, 0.6) is 0 Å². The van der Waals surface area contributed by atoms with Crippen LogP contribution < -0.4 is 5.06 Å². The molecule has 0 saturated carbocycles. The van der Waals surface area contributed by atoms with Crippen LogP contribution in [0.3, 0.4) is 0 Å². The minimum absolute atomic E-state index is 0.624. The molecule has 0 aromatic carbocycles. The zero-order chi connectivity index (χ0) is 6.97. The van der Waals surface area contributed by atoms with Crippen LogP contribution >= 0.6 is 0 Å². The van der Waals surface area contributed by atoms with Gasteiger partial charge in [0.05, 0.1) is 17.9 Å². The molecule has 0 aliphatic carbocycles. The van der Waals surface area contributed by atoms with Gasteiger partial charge in [0.1, 0.15) is 6.34 Å². The van der Waals surface area contributed by atoms with Crippen molar-refractivity contribution in [3.05, 3.63) is 18.0 Å². The van der Waals surface area contributed by atoms with Gasteiger partial charge in [0.2, 0.25) is 0 Å². The maximum atomic E-state index is 9.11. The number of aromatic nitrogens is 1. The van der Waals surface area contributed by atoms with Crippen LogP contribution in [0.25, 0.3) is 0 Å². The number of nitrogens with one attached hydrogen (secondary N) is 1. The Morgan fingerprint density at radius 2 is 2.60 bits per heavy atom. The first-order valence-corrected chi connectivity index (χ1v) is 3.02. The number of H-pyrrole nitrogens is 1. The fourth-order valence-electron chi connectivity index (χ4n) is 1.01. The molecule has 1 aromatic heterocycles. The predicted molar refractivity (Wildman–Crippen MR) is 37.3 cm³/mol. The van der Waals surface area contributed by atoms with Crippen LogP contribution in [0.4, 0.5) is 5.69 Å². The topological polar surface area (TPSA) is 51.6 Å². The first-order chi connectivity index (χ1) is 4.88. The molecule has 2 rings (SSSR count). The molecule has 0 bridgehead atoms. The summed E-state index contributed by atoms with van der Waals surface area (Å²) in [6.45, 7) is 0.624. The molecule has 1 aliphatic rings. The van der Waals surface area contributed by atoms with Crippen LogP contribution in [0, 0.1) is 0 Å². The molecule has 2 N–H and O–H groups in total. The second-order valence-electron chi connectivity index (χ2n) is 2.14. The lowest BCUT2D eigenvalue weighted by molar-refractivity contribution is 0.314. The van der Waals surface area contributed by atoms with E-state index < -0.39 is 0 Å². The Hall–Kier alpha value is -1.29. The summed E-state index contributed by atoms with van der Waals surface area (Å²) in [5, 5.41) is 10.1. The van der Waals surface area contributed by atoms with Crippen LogP contribution in [0.1, 0.15) is 5.69 Å². The molecule has 2 heterocycles. The normalized spacial score (nSPS) is 15.5. The molecule has 0 amide bonds. The van der Waals surface area contributed by atoms with Crippen molar-refractivity contribution in [2.75, 3.05) is 5.06 Å². The zero-order valence-electron chi connectivity index (χ0n) is 5.28. The Balaban J connectivity index is 2.48. The lowest BCUT2D eigenvalue weighted by Gasteiger charge is -2.14. The summed E-state index contributed by atoms with van der Waals surface area (Å²) in [6.07, 6.45) is 3.18. The van der Waals surface area contributed by atoms with Gasteiger partial charge in [0.25, 0.3) is 0 Å². The van der Waals surface area contributed by atoms with Gasteiger partial charge < -0.3 is 4.98 Å². The number of hydrogen-bond donors (Lipinski definition) is 2. The van der Waals surface area contributed by atoms with Crippen molar-refractivity contribution in [3.63, 3.8) is 0 Å². The summed E-state index contributed by atoms with van der Waals surface area (Å²) < 4.78 is 0. The highest BCUT2D eigenvalue weighted by molar-refractivity contribution is 5.79. The minimum Gasteiger partial charge on any atom is -0.362 e. The van der Waals surface area contributed by atoms with E-state index >= 15 is 0 Å². The van der Waals surface area contributed by atoms with Gasteiger partial charge in [-0.3, -0.25) is 10.2 Å². The molecule has 52 valence electrons. The number of hydrogen-bond acceptors (Lipinski definition) is 3. The molecule has 0 radical (unpaired) electrons. The molecule has 4 nitrogen and oxygen atoms in total. The second kappa shape index (κ2) is 1.85. The van der Waals surface area contributed by atoms with Crippen LogP contribution in [-0.2, 0) is 6.54 Å². The third kappa shape index (κ3) is 0.625. The molecular weight excluding hydrogens is 130 g/mol. The Labute approximate surface area is 57.8 Å². The maximum Gasteiger partial charge on any atom is 0.116 e. The quantitative estimate of drug-likeness (QED) is 0.554. The summed E-state index contributed by atoms with van der Waals surface area (Å²) >= 11 is 0. The van der Waals surface area contributed by atoms with E-state index in [0.717, 1.165) is 16.4 Å². The monoisotopic (exact) mass is 137 g/mol. The van der Waals surface area contributed by atoms with Gasteiger partial charge in [-0.2, -0.15) is 0 Å². The molecule has 0 spiro atoms. The highest BCUT2D eigenvalue weighted by atomic mass is 16.5. The standard InChI is InChI=1S/C6H7N3O/c10-9-4-7-3-5-6(9)1-2-8-5/h1-2,4,8,10H,3H2. The van der Waals surface area contributed by atoms with Crippen LogP contribution in [0.15, 0.2) is 17.3 Å². The highest BCUT2D eigenvalue weighted by Crippen LogP contribution is 2.19. The molecule has 0 atom stereocenters. The molecule has 0 unspecified atom stereocenters. The van der Waals surface area contributed by atoms with Crippen LogP contribution in [0.2, 0.25) is 0 Å². The van der Waals surface area contributed by atoms with Gasteiger partial charge in [0.15, 0.2) is 0 Å². The van der Waals surface area contributed by atoms with E-state index in [1.807, 2.05) is 0 Å². The number of fused-ring (bicyclic) bond motifs is 1. The summed E-state index contributed by atoms with van der Waals surface area (Å²) in [7, 11) is 0. The van der Waals surface area contributed by atoms with Gasteiger partial charge >= 0.3 is 0 Å². The number of anilines is 1. The number of rotatable bonds is 0. The summed E-state index contributed by atoms with van der Waals surface area (Å²) in [5.41, 5.74) is 1.74. The third-order valence-electron chi connectivity index (χ3n) is 1.50. The van der Waals surface area contributed by atoms with Gasteiger partial charge in [-0.1, -0.05) is 0 Å². The molecule has 0 saturated heterocycles. The van der Waals surface area contributed by atoms with Crippen molar-refractivity contribution in [2.24, 2.45) is 4.99 Å². The van der Waals surface area contributed by atoms with Crippen molar-refractivity contribution >= 4 is 12.0 Å². The fraction of sp³-hybridized carbons (Fsp3) is 0.167. The Morgan fingerprint density at radius 1 is 1.70 bits per heavy atom. The Kier molecular flexibility index (Phi) is 1.01. The second-order valence-corrected chi connectivity index (χ2v) is 2.14. The summed E-state index contributed by atoms with van der Waals surface area (Å²) in [4.78, 5) is 6.86. The summed E-state index contributed by atoms with van der Waals surface area (Å²) in [5.74, 6) is 0. The van der Waals surface area contributed by atoms with E-state index in [9.17, 15) is 0 Å². The zero-order valence-corrected chi connectivity index (χ0v) is 5.28. The van der Waals surface area contributed by atoms with Gasteiger partial charge in [-0.15, -0.1) is 0 Å². The van der Waals surface area contributed by atoms with Gasteiger partial charge in [0, 0.05) is 6.20 Å². The molecule has 1 aliphatic heterocycles. The van der Waals surface area contributed by atoms with E-state index in [1.165, 1.54) is 6.34 Å². The average molecular weight is 137 g/mol. The lowest BCUT2D eigenvalue weighted by atomic mass is 10.3. The first kappa shape index (κ1) is 5.49. The Morgan fingerprint density at radius 3 is 3.40 bits per heavy atom. The van der Waals surface area contributed by atoms with Crippen molar-refractivity contribution in [1.82, 2.24) is 4.98 Å². The van der Waals surface area contributed by atoms with Crippen molar-refractivity contribution in [3.8, 4) is 0 Å². The summed E-state index contributed by atoms with van der Waals surface area (Å²) in [6, 6.07) is 1.81. The SMILES string of the molecule is ON1C=NCc2[nH]ccc21. The minimum atomic E-state index is 0.624. The number of aliphatic imine (C=N–C) groups is 1. The fourth-order valence-corrected chi connectivity index (χ4v) is 1.01. The van der Waals surface area contributed by atoms with E-state index in [0.29, 0.717) is 6.54 Å². The predicted octanol–water partition coefficient (Wildman–Crippen LogP) is 0.752. The van der Waals surface area contributed by atoms with Crippen molar-refractivity contribution < 1.29 is 5.21 Å². The van der Waals surface area contributed by atoms with E-state index in [1.54, 1.807) is 12.3 Å². The average Bonchev–Trinajstić information content (AvgIpc) is 2.36. The van der Waals surface area contributed by atoms with E-state index in [4.69, 9.17) is 5.21 Å². The lowest BCUT2D eigenvalue weighted by Crippen LogP contribution is -2.19. The smallest absolute Gasteiger partial charge is 0.116 e. The highest BCUT2D eigenvalue weighted by Gasteiger charge is 2.11. The molecule has 10 heavy (non-hydrogen) atoms. The van der Waals surface area contributed by atoms with Crippen molar-refractivity contribution in [1.29, 1.82) is 0 Å². The number of nitrogens with zero attached hydrogens (tertiary/aromatic N) is 2. The third-order valence-corrected chi connectivity index (χ3v) is 1.50. The number of hydroxylamine groups is 1. The van der Waals surface area contributed by atoms with E-state index in [2.05, 4.69) is 9.98 Å². The largest absolute Gasteiger partial charge is 0.362 e. The van der Waals surface area contributed by atoms with E-state index in [-0.39, 0.29) is 0 Å². The molecule has 0 fully saturated rings. The molecular formula is C6H7N3O. The molecule has 1 aromatic rings. The van der Waals surface area contributed by atoms with Gasteiger partial charge in [-0.05, 0) is 6.07 Å². The van der Waals surface area contributed by atoms with Crippen LogP contribution in [-0.4, -0.2) is 16.5 Å². The van der Waals surface area contributed by atoms with Gasteiger partial charge in [-0.25, -0.2) is 5.06 Å². The Bertz CT molecular complexity index is 266. The number of aromatic amines is 1. The maximum absolute atomic E-state index is 9.11. The molecule has 4 heteroatoms. The first-order valence-electron chi connectivity index (χ1n) is 3.02.